The van der Waals surface area contributed by atoms with E-state index in [1.54, 1.807) is 4.90 Å². The van der Waals surface area contributed by atoms with E-state index in [-0.39, 0.29) is 18.0 Å². The van der Waals surface area contributed by atoms with Gasteiger partial charge in [0.25, 0.3) is 0 Å². The van der Waals surface area contributed by atoms with Gasteiger partial charge in [0.1, 0.15) is 0 Å². The average molecular weight is 261 g/mol. The number of urea groups is 1. The van der Waals surface area contributed by atoms with Gasteiger partial charge in [0.15, 0.2) is 0 Å². The van der Waals surface area contributed by atoms with Gasteiger partial charge in [0.2, 0.25) is 5.91 Å². The van der Waals surface area contributed by atoms with Gasteiger partial charge in [-0.2, -0.15) is 0 Å². The quantitative estimate of drug-likeness (QED) is 0.863. The number of hydrogen-bond acceptors (Lipinski definition) is 2. The molecule has 0 aromatic heterocycles. The molecular formula is C14H19N3O2. The molecule has 0 saturated carbocycles. The summed E-state index contributed by atoms with van der Waals surface area (Å²) in [6.07, 6.45) is 1.25. The van der Waals surface area contributed by atoms with Crippen molar-refractivity contribution in [3.05, 3.63) is 30.3 Å². The van der Waals surface area contributed by atoms with E-state index in [0.717, 1.165) is 12.1 Å². The summed E-state index contributed by atoms with van der Waals surface area (Å²) >= 11 is 0. The van der Waals surface area contributed by atoms with Crippen molar-refractivity contribution >= 4 is 17.6 Å². The molecule has 102 valence electrons. The van der Waals surface area contributed by atoms with E-state index in [0.29, 0.717) is 19.5 Å². The van der Waals surface area contributed by atoms with Crippen LogP contribution in [0, 0.1) is 0 Å². The molecular weight excluding hydrogens is 242 g/mol. The van der Waals surface area contributed by atoms with Crippen molar-refractivity contribution in [2.75, 3.05) is 18.0 Å². The standard InChI is InChI=1S/C14H19N3O2/c1-2-8-15-14(19)16-11-9-13(18)17(10-11)12-6-4-3-5-7-12/h3-7,11H,2,8-10H2,1H3,(H2,15,16,19)/t11-/m0/s1. The Bertz CT molecular complexity index is 447. The summed E-state index contributed by atoms with van der Waals surface area (Å²) in [7, 11) is 0. The molecule has 1 heterocycles. The van der Waals surface area contributed by atoms with Gasteiger partial charge in [-0.3, -0.25) is 4.79 Å². The van der Waals surface area contributed by atoms with E-state index in [4.69, 9.17) is 0 Å². The van der Waals surface area contributed by atoms with Crippen LogP contribution in [0.5, 0.6) is 0 Å². The van der Waals surface area contributed by atoms with Gasteiger partial charge in [0.05, 0.1) is 6.04 Å². The van der Waals surface area contributed by atoms with Crippen LogP contribution in [0.25, 0.3) is 0 Å². The number of nitrogens with one attached hydrogen (secondary N) is 2. The predicted octanol–water partition coefficient (Wildman–Crippen LogP) is 1.50. The first-order chi connectivity index (χ1) is 9.20. The van der Waals surface area contributed by atoms with E-state index < -0.39 is 0 Å². The molecule has 3 amide bonds. The molecule has 2 rings (SSSR count). The van der Waals surface area contributed by atoms with Gasteiger partial charge in [-0.05, 0) is 18.6 Å². The van der Waals surface area contributed by atoms with Crippen LogP contribution in [0.2, 0.25) is 0 Å². The van der Waals surface area contributed by atoms with Crippen molar-refractivity contribution < 1.29 is 9.59 Å². The first-order valence-electron chi connectivity index (χ1n) is 6.60. The second kappa shape index (κ2) is 6.22. The SMILES string of the molecule is CCCNC(=O)N[C@H]1CC(=O)N(c2ccccc2)C1. The van der Waals surface area contributed by atoms with Crippen molar-refractivity contribution in [3.63, 3.8) is 0 Å². The Morgan fingerprint density at radius 3 is 2.79 bits per heavy atom. The monoisotopic (exact) mass is 261 g/mol. The van der Waals surface area contributed by atoms with E-state index >= 15 is 0 Å². The highest BCUT2D eigenvalue weighted by Crippen LogP contribution is 2.20. The Kier molecular flexibility index (Phi) is 4.39. The Morgan fingerprint density at radius 2 is 2.11 bits per heavy atom. The number of rotatable bonds is 4. The van der Waals surface area contributed by atoms with Crippen LogP contribution >= 0.6 is 0 Å². The molecule has 0 spiro atoms. The summed E-state index contributed by atoms with van der Waals surface area (Å²) in [5.74, 6) is 0.0481. The number of carbonyl (C=O) groups excluding carboxylic acids is 2. The van der Waals surface area contributed by atoms with E-state index in [1.807, 2.05) is 37.3 Å². The van der Waals surface area contributed by atoms with Crippen LogP contribution < -0.4 is 15.5 Å². The van der Waals surface area contributed by atoms with Crippen molar-refractivity contribution in [2.45, 2.75) is 25.8 Å². The predicted molar refractivity (Wildman–Crippen MR) is 74.0 cm³/mol. The Morgan fingerprint density at radius 1 is 1.37 bits per heavy atom. The first-order valence-corrected chi connectivity index (χ1v) is 6.60. The van der Waals surface area contributed by atoms with E-state index in [2.05, 4.69) is 10.6 Å². The highest BCUT2D eigenvalue weighted by Gasteiger charge is 2.31. The van der Waals surface area contributed by atoms with Crippen LogP contribution in [0.1, 0.15) is 19.8 Å². The largest absolute Gasteiger partial charge is 0.338 e. The van der Waals surface area contributed by atoms with E-state index in [9.17, 15) is 9.59 Å². The fourth-order valence-electron chi connectivity index (χ4n) is 2.14. The molecule has 1 aliphatic rings. The lowest BCUT2D eigenvalue weighted by Gasteiger charge is -2.17. The van der Waals surface area contributed by atoms with Crippen molar-refractivity contribution in [1.29, 1.82) is 0 Å². The molecule has 0 unspecified atom stereocenters. The molecule has 5 nitrogen and oxygen atoms in total. The molecule has 2 N–H and O–H groups in total. The van der Waals surface area contributed by atoms with Crippen LogP contribution in [0.3, 0.4) is 0 Å². The number of amides is 3. The number of anilines is 1. The number of carbonyl (C=O) groups is 2. The number of nitrogens with zero attached hydrogens (tertiary/aromatic N) is 1. The maximum atomic E-state index is 11.9. The maximum absolute atomic E-state index is 11.9. The first kappa shape index (κ1) is 13.4. The average Bonchev–Trinajstić information content (AvgIpc) is 2.78. The highest BCUT2D eigenvalue weighted by molar-refractivity contribution is 5.96. The second-order valence-electron chi connectivity index (χ2n) is 4.64. The summed E-state index contributed by atoms with van der Waals surface area (Å²) in [6, 6.07) is 9.20. The topological polar surface area (TPSA) is 61.4 Å². The fraction of sp³-hybridized carbons (Fsp3) is 0.429. The molecule has 1 saturated heterocycles. The Hall–Kier alpha value is -2.04. The van der Waals surface area contributed by atoms with Crippen LogP contribution in [-0.4, -0.2) is 31.1 Å². The zero-order chi connectivity index (χ0) is 13.7. The smallest absolute Gasteiger partial charge is 0.315 e. The van der Waals surface area contributed by atoms with Gasteiger partial charge in [-0.1, -0.05) is 25.1 Å². The zero-order valence-corrected chi connectivity index (χ0v) is 11.1. The third-order valence-electron chi connectivity index (χ3n) is 3.06. The molecule has 1 aliphatic heterocycles. The van der Waals surface area contributed by atoms with Gasteiger partial charge in [-0.15, -0.1) is 0 Å². The molecule has 1 aromatic carbocycles. The van der Waals surface area contributed by atoms with Crippen LogP contribution in [-0.2, 0) is 4.79 Å². The number of hydrogen-bond donors (Lipinski definition) is 2. The maximum Gasteiger partial charge on any atom is 0.315 e. The van der Waals surface area contributed by atoms with Crippen molar-refractivity contribution in [2.24, 2.45) is 0 Å². The number of benzene rings is 1. The van der Waals surface area contributed by atoms with Gasteiger partial charge in [-0.25, -0.2) is 4.79 Å². The Balaban J connectivity index is 1.91. The van der Waals surface area contributed by atoms with Gasteiger partial charge in [0, 0.05) is 25.2 Å². The number of para-hydroxylation sites is 1. The van der Waals surface area contributed by atoms with Crippen molar-refractivity contribution in [1.82, 2.24) is 10.6 Å². The minimum absolute atomic E-state index is 0.0481. The molecule has 0 bridgehead atoms. The van der Waals surface area contributed by atoms with Crippen LogP contribution in [0.15, 0.2) is 30.3 Å². The van der Waals surface area contributed by atoms with Crippen LogP contribution in [0.4, 0.5) is 10.5 Å². The molecule has 0 radical (unpaired) electrons. The minimum Gasteiger partial charge on any atom is -0.338 e. The minimum atomic E-state index is -0.199. The second-order valence-corrected chi connectivity index (χ2v) is 4.64. The van der Waals surface area contributed by atoms with Crippen molar-refractivity contribution in [3.8, 4) is 0 Å². The normalized spacial score (nSPS) is 18.5. The lowest BCUT2D eigenvalue weighted by molar-refractivity contribution is -0.117. The molecule has 1 fully saturated rings. The van der Waals surface area contributed by atoms with Gasteiger partial charge < -0.3 is 15.5 Å². The summed E-state index contributed by atoms with van der Waals surface area (Å²) < 4.78 is 0. The van der Waals surface area contributed by atoms with E-state index in [1.165, 1.54) is 0 Å². The summed E-state index contributed by atoms with van der Waals surface area (Å²) in [4.78, 5) is 25.2. The lowest BCUT2D eigenvalue weighted by Crippen LogP contribution is -2.43. The molecule has 5 heteroatoms. The molecule has 1 aromatic rings. The third kappa shape index (κ3) is 3.47. The molecule has 1 atom stereocenters. The fourth-order valence-corrected chi connectivity index (χ4v) is 2.14. The molecule has 0 aliphatic carbocycles. The highest BCUT2D eigenvalue weighted by atomic mass is 16.2. The summed E-state index contributed by atoms with van der Waals surface area (Å²) in [5, 5.41) is 5.58. The zero-order valence-electron chi connectivity index (χ0n) is 11.1. The molecule has 19 heavy (non-hydrogen) atoms. The Labute approximate surface area is 113 Å². The third-order valence-corrected chi connectivity index (χ3v) is 3.06. The summed E-state index contributed by atoms with van der Waals surface area (Å²) in [5.41, 5.74) is 0.880. The lowest BCUT2D eigenvalue weighted by atomic mass is 10.2. The summed E-state index contributed by atoms with van der Waals surface area (Å²) in [6.45, 7) is 3.17. The van der Waals surface area contributed by atoms with Gasteiger partial charge >= 0.3 is 6.03 Å².